The Morgan fingerprint density at radius 2 is 1.68 bits per heavy atom. The molecule has 1 saturated heterocycles. The van der Waals surface area contributed by atoms with Gasteiger partial charge in [0, 0.05) is 18.7 Å². The number of hydrogen-bond acceptors (Lipinski definition) is 5. The molecular weight excluding hydrogens is 390 g/mol. The molecule has 5 heteroatoms. The quantitative estimate of drug-likeness (QED) is 0.609. The van der Waals surface area contributed by atoms with E-state index in [1.165, 1.54) is 27.1 Å². The van der Waals surface area contributed by atoms with Crippen LogP contribution in [0.25, 0.3) is 0 Å². The fourth-order valence-electron chi connectivity index (χ4n) is 4.02. The monoisotopic (exact) mass is 421 g/mol. The molecule has 0 unspecified atom stereocenters. The van der Waals surface area contributed by atoms with Crippen LogP contribution in [-0.2, 0) is 19.1 Å². The molecule has 0 saturated carbocycles. The lowest BCUT2D eigenvalue weighted by Gasteiger charge is -2.17. The van der Waals surface area contributed by atoms with Crippen LogP contribution in [0.4, 0.5) is 0 Å². The summed E-state index contributed by atoms with van der Waals surface area (Å²) in [6.45, 7) is 8.31. The molecule has 0 spiro atoms. The van der Waals surface area contributed by atoms with E-state index < -0.39 is 11.9 Å². The van der Waals surface area contributed by atoms with Crippen molar-refractivity contribution < 1.29 is 19.1 Å². The Labute approximate surface area is 184 Å². The lowest BCUT2D eigenvalue weighted by molar-refractivity contribution is -0.138. The number of esters is 2. The molecule has 164 valence electrons. The molecule has 0 radical (unpaired) electrons. The zero-order valence-corrected chi connectivity index (χ0v) is 19.0. The van der Waals surface area contributed by atoms with E-state index in [1.54, 1.807) is 6.08 Å². The van der Waals surface area contributed by atoms with Crippen LogP contribution in [0.3, 0.4) is 0 Å². The topological polar surface area (TPSA) is 55.8 Å². The maximum absolute atomic E-state index is 12.9. The molecule has 3 aliphatic rings. The number of carbonyl (C=O) groups is 2. The van der Waals surface area contributed by atoms with Crippen LogP contribution in [0.2, 0.25) is 0 Å². The number of likely N-dealkylation sites (tertiary alicyclic amines) is 1. The van der Waals surface area contributed by atoms with Gasteiger partial charge in [0.05, 0.1) is 25.4 Å². The van der Waals surface area contributed by atoms with Gasteiger partial charge in [-0.1, -0.05) is 38.2 Å². The summed E-state index contributed by atoms with van der Waals surface area (Å²) in [5, 5.41) is 0. The predicted octanol–water partition coefficient (Wildman–Crippen LogP) is 4.57. The van der Waals surface area contributed by atoms with Crippen LogP contribution in [0.15, 0.2) is 81.7 Å². The zero-order chi connectivity index (χ0) is 22.5. The van der Waals surface area contributed by atoms with E-state index in [2.05, 4.69) is 43.2 Å². The van der Waals surface area contributed by atoms with Crippen molar-refractivity contribution in [1.29, 1.82) is 0 Å². The number of nitrogens with zero attached hydrogens (tertiary/aromatic N) is 1. The van der Waals surface area contributed by atoms with Gasteiger partial charge < -0.3 is 14.4 Å². The highest BCUT2D eigenvalue weighted by atomic mass is 16.5. The minimum atomic E-state index is -0.567. The van der Waals surface area contributed by atoms with Crippen LogP contribution in [0.1, 0.15) is 33.6 Å². The van der Waals surface area contributed by atoms with Gasteiger partial charge in [-0.2, -0.15) is 0 Å². The minimum Gasteiger partial charge on any atom is -0.465 e. The highest BCUT2D eigenvalue weighted by molar-refractivity contribution is 6.07. The van der Waals surface area contributed by atoms with Gasteiger partial charge in [-0.25, -0.2) is 9.59 Å². The molecule has 1 fully saturated rings. The summed E-state index contributed by atoms with van der Waals surface area (Å²) in [6, 6.07) is 0. The molecule has 5 nitrogen and oxygen atoms in total. The standard InChI is InChI=1S/C26H31NO4/c1-17(2)20-9-8-18(3)23-22(16-20)19(12-15-27-13-6-7-14-27)10-11-21(25(28)30-4)24(23)26(29)31-5/h8-12,15-17H,6-7,13-14H2,1-5H3/b15-12+. The number of methoxy groups -OCH3 is 2. The van der Waals surface area contributed by atoms with Gasteiger partial charge in [0.1, 0.15) is 0 Å². The van der Waals surface area contributed by atoms with Crippen LogP contribution < -0.4 is 0 Å². The Bertz CT molecular complexity index is 977. The van der Waals surface area contributed by atoms with Crippen molar-refractivity contribution >= 4 is 11.9 Å². The van der Waals surface area contributed by atoms with Crippen LogP contribution in [0.5, 0.6) is 0 Å². The van der Waals surface area contributed by atoms with Gasteiger partial charge in [0.2, 0.25) is 0 Å². The fourth-order valence-corrected chi connectivity index (χ4v) is 4.02. The average Bonchev–Trinajstić information content (AvgIpc) is 3.15. The van der Waals surface area contributed by atoms with E-state index in [4.69, 9.17) is 9.47 Å². The number of ether oxygens (including phenoxy) is 2. The second-order valence-corrected chi connectivity index (χ2v) is 8.22. The third-order valence-electron chi connectivity index (χ3n) is 5.83. The van der Waals surface area contributed by atoms with Crippen molar-refractivity contribution in [2.45, 2.75) is 33.6 Å². The van der Waals surface area contributed by atoms with Crippen molar-refractivity contribution in [3.8, 4) is 0 Å². The largest absolute Gasteiger partial charge is 0.465 e. The van der Waals surface area contributed by atoms with Crippen molar-refractivity contribution in [3.05, 3.63) is 81.7 Å². The lowest BCUT2D eigenvalue weighted by atomic mass is 9.88. The van der Waals surface area contributed by atoms with E-state index in [-0.39, 0.29) is 11.1 Å². The number of hydrogen-bond donors (Lipinski definition) is 0. The van der Waals surface area contributed by atoms with Crippen LogP contribution in [0, 0.1) is 5.92 Å². The molecule has 2 aliphatic carbocycles. The summed E-state index contributed by atoms with van der Waals surface area (Å²) >= 11 is 0. The molecule has 0 N–H and O–H groups in total. The first-order valence-electron chi connectivity index (χ1n) is 10.7. The summed E-state index contributed by atoms with van der Waals surface area (Å²) in [5.74, 6) is -0.823. The normalized spacial score (nSPS) is 19.2. The fraction of sp³-hybridized carbons (Fsp3) is 0.385. The van der Waals surface area contributed by atoms with Crippen molar-refractivity contribution in [1.82, 2.24) is 4.90 Å². The summed E-state index contributed by atoms with van der Waals surface area (Å²) in [6.07, 6.45) is 16.3. The first kappa shape index (κ1) is 22.6. The number of fused-ring (bicyclic) bond motifs is 1. The molecule has 0 aromatic heterocycles. The maximum atomic E-state index is 12.9. The third kappa shape index (κ3) is 4.82. The molecular formula is C26H31NO4. The molecule has 0 aromatic carbocycles. The minimum absolute atomic E-state index is 0.195. The van der Waals surface area contributed by atoms with Gasteiger partial charge >= 0.3 is 11.9 Å². The van der Waals surface area contributed by atoms with Gasteiger partial charge in [-0.15, -0.1) is 0 Å². The average molecular weight is 422 g/mol. The molecule has 1 heterocycles. The van der Waals surface area contributed by atoms with E-state index >= 15 is 0 Å². The lowest BCUT2D eigenvalue weighted by Crippen LogP contribution is -2.16. The molecule has 0 atom stereocenters. The molecule has 3 rings (SSSR count). The Kier molecular flexibility index (Phi) is 7.16. The summed E-state index contributed by atoms with van der Waals surface area (Å²) in [5.41, 5.74) is 5.00. The van der Waals surface area contributed by atoms with E-state index in [9.17, 15) is 9.59 Å². The Morgan fingerprint density at radius 1 is 1.00 bits per heavy atom. The highest BCUT2D eigenvalue weighted by Crippen LogP contribution is 2.38. The number of carbonyl (C=O) groups excluding carboxylic acids is 2. The second kappa shape index (κ2) is 9.82. The molecule has 0 amide bonds. The van der Waals surface area contributed by atoms with E-state index in [1.807, 2.05) is 19.1 Å². The summed E-state index contributed by atoms with van der Waals surface area (Å²) < 4.78 is 10.1. The first-order chi connectivity index (χ1) is 14.9. The van der Waals surface area contributed by atoms with Crippen molar-refractivity contribution in [3.63, 3.8) is 0 Å². The Hall–Kier alpha value is -3.08. The van der Waals surface area contributed by atoms with Gasteiger partial charge in [-0.05, 0) is 66.3 Å². The number of rotatable bonds is 5. The van der Waals surface area contributed by atoms with Gasteiger partial charge in [0.15, 0.2) is 0 Å². The first-order valence-corrected chi connectivity index (χ1v) is 10.7. The zero-order valence-electron chi connectivity index (χ0n) is 19.0. The van der Waals surface area contributed by atoms with Crippen LogP contribution in [-0.4, -0.2) is 44.1 Å². The molecule has 31 heavy (non-hydrogen) atoms. The third-order valence-corrected chi connectivity index (χ3v) is 5.83. The predicted molar refractivity (Wildman–Crippen MR) is 122 cm³/mol. The molecule has 0 aromatic rings. The van der Waals surface area contributed by atoms with Crippen molar-refractivity contribution in [2.75, 3.05) is 27.3 Å². The second-order valence-electron chi connectivity index (χ2n) is 8.22. The number of allylic oxidation sites excluding steroid dienone is 9. The van der Waals surface area contributed by atoms with Gasteiger partial charge in [-0.3, -0.25) is 0 Å². The molecule has 1 aliphatic heterocycles. The highest BCUT2D eigenvalue weighted by Gasteiger charge is 2.30. The summed E-state index contributed by atoms with van der Waals surface area (Å²) in [4.78, 5) is 27.8. The Morgan fingerprint density at radius 3 is 2.29 bits per heavy atom. The maximum Gasteiger partial charge on any atom is 0.339 e. The smallest absolute Gasteiger partial charge is 0.339 e. The van der Waals surface area contributed by atoms with E-state index in [0.29, 0.717) is 11.5 Å². The molecule has 0 bridgehead atoms. The van der Waals surface area contributed by atoms with Gasteiger partial charge in [0.25, 0.3) is 0 Å². The van der Waals surface area contributed by atoms with Crippen molar-refractivity contribution in [2.24, 2.45) is 5.92 Å². The van der Waals surface area contributed by atoms with E-state index in [0.717, 1.165) is 35.4 Å². The Balaban J connectivity index is 2.29. The summed E-state index contributed by atoms with van der Waals surface area (Å²) in [7, 11) is 2.64. The SMILES string of the molecule is COC(=O)C1=C(C(=O)OC)C2=C(C)C=CC(C(C)C)=CC2=C(/C=C/N2CCCC2)C=C1. The van der Waals surface area contributed by atoms with Crippen LogP contribution >= 0.6 is 0 Å².